The van der Waals surface area contributed by atoms with Crippen molar-refractivity contribution in [2.24, 2.45) is 5.92 Å². The van der Waals surface area contributed by atoms with Crippen molar-refractivity contribution < 1.29 is 34.0 Å². The number of amides is 4. The predicted molar refractivity (Wildman–Crippen MR) is 182 cm³/mol. The molecule has 0 radical (unpaired) electrons. The highest BCUT2D eigenvalue weighted by Crippen LogP contribution is 2.16. The third kappa shape index (κ3) is 13.1. The Bertz CT molecular complexity index is 1490. The minimum absolute atomic E-state index is 0.0818. The van der Waals surface area contributed by atoms with E-state index in [4.69, 9.17) is 4.74 Å². The first-order valence-electron chi connectivity index (χ1n) is 15.9. The molecule has 3 atom stereocenters. The molecule has 0 saturated carbocycles. The number of rotatable bonds is 15. The van der Waals surface area contributed by atoms with Crippen LogP contribution in [0.25, 0.3) is 10.8 Å². The third-order valence-electron chi connectivity index (χ3n) is 7.30. The molecule has 0 aliphatic heterocycles. The Morgan fingerprint density at radius 3 is 2.09 bits per heavy atom. The second kappa shape index (κ2) is 17.5. The molecule has 6 N–H and O–H groups in total. The number of hydrogen-bond donors (Lipinski definition) is 6. The number of benzene rings is 3. The molecule has 0 aliphatic rings. The van der Waals surface area contributed by atoms with E-state index in [1.165, 1.54) is 0 Å². The molecule has 0 fully saturated rings. The van der Waals surface area contributed by atoms with Gasteiger partial charge < -0.3 is 36.1 Å². The normalized spacial score (nSPS) is 13.3. The summed E-state index contributed by atoms with van der Waals surface area (Å²) in [6.07, 6.45) is -0.583. The summed E-state index contributed by atoms with van der Waals surface area (Å²) in [7, 11) is -1.75. The van der Waals surface area contributed by atoms with Crippen LogP contribution >= 0.6 is 0 Å². The molecule has 0 unspecified atom stereocenters. The molecule has 11 nitrogen and oxygen atoms in total. The van der Waals surface area contributed by atoms with Gasteiger partial charge in [-0.25, -0.2) is 4.79 Å². The quantitative estimate of drug-likeness (QED) is 0.138. The van der Waals surface area contributed by atoms with Crippen LogP contribution in [-0.4, -0.2) is 64.6 Å². The summed E-state index contributed by atoms with van der Waals surface area (Å²) < 4.78 is 5.39. The fourth-order valence-electron chi connectivity index (χ4n) is 5.03. The Labute approximate surface area is 277 Å². The van der Waals surface area contributed by atoms with Gasteiger partial charge in [0.05, 0.1) is 5.94 Å². The number of nitrogens with one attached hydrogen (secondary N) is 4. The standard InChI is InChI=1S/C35H47BN4O7/c1-23(2)19-30(36(45)46)40-31(41)18-17-28(32(42)37-22-25-15-16-26-13-9-10-14-27(26)20-25)38-33(43)29(21-24-11-7-6-8-12-24)39-34(44)47-35(3,4)5/h6-16,20,23,28-30,45-46H,17-19,21-22H2,1-5H3,(H,37,42)(H,38,43)(H,39,44)(H,40,41)/t28-,29-,30-/m0/s1. The number of alkyl carbamates (subject to hydrolysis) is 1. The van der Waals surface area contributed by atoms with E-state index in [9.17, 15) is 29.2 Å². The molecule has 3 aromatic carbocycles. The summed E-state index contributed by atoms with van der Waals surface area (Å²) in [6, 6.07) is 20.5. The van der Waals surface area contributed by atoms with Gasteiger partial charge in [0, 0.05) is 19.4 Å². The van der Waals surface area contributed by atoms with E-state index >= 15 is 0 Å². The van der Waals surface area contributed by atoms with Crippen molar-refractivity contribution in [3.63, 3.8) is 0 Å². The van der Waals surface area contributed by atoms with E-state index in [-0.39, 0.29) is 31.7 Å². The van der Waals surface area contributed by atoms with Crippen molar-refractivity contribution in [1.29, 1.82) is 0 Å². The van der Waals surface area contributed by atoms with Gasteiger partial charge in [0.15, 0.2) is 0 Å². The van der Waals surface area contributed by atoms with E-state index < -0.39 is 54.6 Å². The first kappa shape index (κ1) is 37.0. The topological polar surface area (TPSA) is 166 Å². The van der Waals surface area contributed by atoms with Crippen molar-refractivity contribution in [2.45, 2.75) is 90.5 Å². The first-order chi connectivity index (χ1) is 22.2. The van der Waals surface area contributed by atoms with Crippen LogP contribution in [-0.2, 0) is 32.1 Å². The molecule has 0 saturated heterocycles. The van der Waals surface area contributed by atoms with Crippen molar-refractivity contribution in [1.82, 2.24) is 21.3 Å². The predicted octanol–water partition coefficient (Wildman–Crippen LogP) is 3.40. The largest absolute Gasteiger partial charge is 0.475 e. The lowest BCUT2D eigenvalue weighted by Crippen LogP contribution is -2.55. The summed E-state index contributed by atoms with van der Waals surface area (Å²) >= 11 is 0. The Kier molecular flexibility index (Phi) is 13.8. The smallest absolute Gasteiger partial charge is 0.444 e. The molecule has 3 rings (SSSR count). The molecule has 0 aliphatic carbocycles. The monoisotopic (exact) mass is 646 g/mol. The Balaban J connectivity index is 1.78. The molecule has 252 valence electrons. The highest BCUT2D eigenvalue weighted by molar-refractivity contribution is 6.43. The van der Waals surface area contributed by atoms with Crippen LogP contribution in [0.5, 0.6) is 0 Å². The summed E-state index contributed by atoms with van der Waals surface area (Å²) in [5.41, 5.74) is 0.826. The van der Waals surface area contributed by atoms with Gasteiger partial charge in [0.1, 0.15) is 17.7 Å². The number of hydrogen-bond acceptors (Lipinski definition) is 7. The van der Waals surface area contributed by atoms with Gasteiger partial charge >= 0.3 is 13.2 Å². The maximum atomic E-state index is 13.7. The van der Waals surface area contributed by atoms with Gasteiger partial charge in [0.25, 0.3) is 0 Å². The lowest BCUT2D eigenvalue weighted by atomic mass is 9.75. The lowest BCUT2D eigenvalue weighted by molar-refractivity contribution is -0.130. The maximum absolute atomic E-state index is 13.7. The average Bonchev–Trinajstić information content (AvgIpc) is 3.00. The second-order valence-corrected chi connectivity index (χ2v) is 13.1. The third-order valence-corrected chi connectivity index (χ3v) is 7.30. The maximum Gasteiger partial charge on any atom is 0.475 e. The number of ether oxygens (including phenoxy) is 1. The molecule has 3 aromatic rings. The number of fused-ring (bicyclic) bond motifs is 1. The fourth-order valence-corrected chi connectivity index (χ4v) is 5.03. The molecule has 47 heavy (non-hydrogen) atoms. The van der Waals surface area contributed by atoms with Gasteiger partial charge in [0.2, 0.25) is 17.7 Å². The Hall–Kier alpha value is -4.42. The zero-order chi connectivity index (χ0) is 34.6. The van der Waals surface area contributed by atoms with Crippen LogP contribution in [0.1, 0.15) is 65.0 Å². The minimum atomic E-state index is -1.75. The summed E-state index contributed by atoms with van der Waals surface area (Å²) in [4.78, 5) is 52.8. The second-order valence-electron chi connectivity index (χ2n) is 13.1. The average molecular weight is 647 g/mol. The van der Waals surface area contributed by atoms with E-state index in [0.29, 0.717) is 6.42 Å². The van der Waals surface area contributed by atoms with Gasteiger partial charge in [-0.15, -0.1) is 0 Å². The Morgan fingerprint density at radius 2 is 1.45 bits per heavy atom. The lowest BCUT2D eigenvalue weighted by Gasteiger charge is -2.25. The molecular weight excluding hydrogens is 599 g/mol. The summed E-state index contributed by atoms with van der Waals surface area (Å²) in [6.45, 7) is 9.09. The highest BCUT2D eigenvalue weighted by atomic mass is 16.6. The zero-order valence-electron chi connectivity index (χ0n) is 27.8. The van der Waals surface area contributed by atoms with Gasteiger partial charge in [-0.05, 0) is 67.5 Å². The van der Waals surface area contributed by atoms with E-state index in [2.05, 4.69) is 21.3 Å². The summed E-state index contributed by atoms with van der Waals surface area (Å²) in [5.74, 6) is -2.44. The van der Waals surface area contributed by atoms with Crippen LogP contribution in [0.3, 0.4) is 0 Å². The number of carbonyl (C=O) groups excluding carboxylic acids is 4. The summed E-state index contributed by atoms with van der Waals surface area (Å²) in [5, 5.41) is 32.4. The van der Waals surface area contributed by atoms with E-state index in [1.54, 1.807) is 20.8 Å². The Morgan fingerprint density at radius 1 is 0.787 bits per heavy atom. The molecule has 0 spiro atoms. The van der Waals surface area contributed by atoms with Gasteiger partial charge in [-0.3, -0.25) is 14.4 Å². The minimum Gasteiger partial charge on any atom is -0.444 e. The van der Waals surface area contributed by atoms with E-state index in [1.807, 2.05) is 86.6 Å². The fraction of sp³-hybridized carbons (Fsp3) is 0.429. The SMILES string of the molecule is CC(C)C[C@H](NC(=O)CC[C@H](NC(=O)[C@H](Cc1ccccc1)NC(=O)OC(C)(C)C)C(=O)NCc1ccc2ccccc2c1)B(O)O. The first-order valence-corrected chi connectivity index (χ1v) is 15.9. The van der Waals surface area contributed by atoms with Crippen LogP contribution in [0, 0.1) is 5.92 Å². The molecule has 0 heterocycles. The molecule has 0 bridgehead atoms. The zero-order valence-corrected chi connectivity index (χ0v) is 27.8. The molecule has 4 amide bonds. The van der Waals surface area contributed by atoms with Crippen LogP contribution < -0.4 is 21.3 Å². The van der Waals surface area contributed by atoms with Crippen molar-refractivity contribution in [3.05, 3.63) is 83.9 Å². The molecular formula is C35H47BN4O7. The molecule has 0 aromatic heterocycles. The highest BCUT2D eigenvalue weighted by Gasteiger charge is 2.30. The van der Waals surface area contributed by atoms with Gasteiger partial charge in [-0.2, -0.15) is 0 Å². The van der Waals surface area contributed by atoms with Crippen molar-refractivity contribution in [2.75, 3.05) is 0 Å². The van der Waals surface area contributed by atoms with Crippen LogP contribution in [0.2, 0.25) is 0 Å². The number of carbonyl (C=O) groups is 4. The van der Waals surface area contributed by atoms with Gasteiger partial charge in [-0.1, -0.05) is 80.6 Å². The molecule has 12 heteroatoms. The van der Waals surface area contributed by atoms with Crippen molar-refractivity contribution in [3.8, 4) is 0 Å². The van der Waals surface area contributed by atoms with Crippen LogP contribution in [0.15, 0.2) is 72.8 Å². The van der Waals surface area contributed by atoms with Crippen molar-refractivity contribution >= 4 is 41.7 Å². The van der Waals surface area contributed by atoms with E-state index in [0.717, 1.165) is 21.9 Å². The van der Waals surface area contributed by atoms with Crippen LogP contribution in [0.4, 0.5) is 4.79 Å².